The molecular weight excluding hydrogens is 214 g/mol. The molecular formula is C6H8Cl4. The summed E-state index contributed by atoms with van der Waals surface area (Å²) < 4.78 is 0. The molecule has 1 rings (SSSR count). The highest BCUT2D eigenvalue weighted by Gasteiger charge is 2.32. The first-order chi connectivity index (χ1) is 4.61. The Kier molecular flexibility index (Phi) is 3.43. The largest absolute Gasteiger partial charge is 0.121 e. The van der Waals surface area contributed by atoms with Crippen molar-refractivity contribution in [3.63, 3.8) is 0 Å². The lowest BCUT2D eigenvalue weighted by Crippen LogP contribution is -2.34. The predicted octanol–water partition coefficient (Wildman–Crippen LogP) is 3.21. The fraction of sp³-hybridized carbons (Fsp3) is 1.00. The quantitative estimate of drug-likeness (QED) is 0.552. The maximum Gasteiger partial charge on any atom is 0.0514 e. The Hall–Kier alpha value is 1.16. The van der Waals surface area contributed by atoms with Gasteiger partial charge in [0.05, 0.1) is 21.5 Å². The zero-order valence-electron chi connectivity index (χ0n) is 5.24. The SMILES string of the molecule is ClC1CC(Cl)C(Cl)CC1Cl. The Balaban J connectivity index is 2.46. The molecule has 1 aliphatic rings. The van der Waals surface area contributed by atoms with E-state index < -0.39 is 0 Å². The van der Waals surface area contributed by atoms with Crippen LogP contribution in [0.3, 0.4) is 0 Å². The van der Waals surface area contributed by atoms with Gasteiger partial charge in [-0.15, -0.1) is 46.4 Å². The summed E-state index contributed by atoms with van der Waals surface area (Å²) in [7, 11) is 0. The van der Waals surface area contributed by atoms with E-state index in [0.717, 1.165) is 0 Å². The molecule has 0 aromatic rings. The van der Waals surface area contributed by atoms with Crippen LogP contribution < -0.4 is 0 Å². The number of halogens is 4. The summed E-state index contributed by atoms with van der Waals surface area (Å²) in [5.74, 6) is 0. The van der Waals surface area contributed by atoms with Crippen molar-refractivity contribution in [2.45, 2.75) is 34.3 Å². The molecule has 0 nitrogen and oxygen atoms in total. The lowest BCUT2D eigenvalue weighted by molar-refractivity contribution is 0.531. The Morgan fingerprint density at radius 3 is 1.00 bits per heavy atom. The summed E-state index contributed by atoms with van der Waals surface area (Å²) in [6.45, 7) is 0. The molecule has 0 heterocycles. The van der Waals surface area contributed by atoms with Gasteiger partial charge in [0, 0.05) is 0 Å². The Bertz CT molecular complexity index is 90.3. The lowest BCUT2D eigenvalue weighted by Gasteiger charge is -2.29. The summed E-state index contributed by atoms with van der Waals surface area (Å²) in [6, 6.07) is 0. The third kappa shape index (κ3) is 2.07. The normalized spacial score (nSPS) is 49.2. The molecule has 0 spiro atoms. The van der Waals surface area contributed by atoms with Gasteiger partial charge in [-0.1, -0.05) is 0 Å². The van der Waals surface area contributed by atoms with E-state index in [1.807, 2.05) is 0 Å². The van der Waals surface area contributed by atoms with Crippen LogP contribution in [0.4, 0.5) is 0 Å². The molecule has 0 aromatic heterocycles. The molecule has 0 amide bonds. The first-order valence-electron chi connectivity index (χ1n) is 3.17. The molecule has 0 saturated heterocycles. The Labute approximate surface area is 80.8 Å². The summed E-state index contributed by atoms with van der Waals surface area (Å²) in [6.07, 6.45) is 1.43. The molecule has 4 atom stereocenters. The topological polar surface area (TPSA) is 0 Å². The zero-order chi connectivity index (χ0) is 7.72. The van der Waals surface area contributed by atoms with Gasteiger partial charge in [0.2, 0.25) is 0 Å². The highest BCUT2D eigenvalue weighted by Crippen LogP contribution is 2.33. The molecule has 0 N–H and O–H groups in total. The van der Waals surface area contributed by atoms with Crippen LogP contribution in [-0.4, -0.2) is 21.5 Å². The van der Waals surface area contributed by atoms with Crippen molar-refractivity contribution in [2.75, 3.05) is 0 Å². The zero-order valence-corrected chi connectivity index (χ0v) is 8.26. The number of rotatable bonds is 0. The van der Waals surface area contributed by atoms with Crippen molar-refractivity contribution in [1.82, 2.24) is 0 Å². The molecule has 60 valence electrons. The van der Waals surface area contributed by atoms with Crippen LogP contribution in [0.5, 0.6) is 0 Å². The van der Waals surface area contributed by atoms with E-state index in [9.17, 15) is 0 Å². The van der Waals surface area contributed by atoms with Crippen LogP contribution in [-0.2, 0) is 0 Å². The highest BCUT2D eigenvalue weighted by atomic mass is 35.5. The predicted molar refractivity (Wildman–Crippen MR) is 47.8 cm³/mol. The minimum absolute atomic E-state index is 0.0147. The first-order valence-corrected chi connectivity index (χ1v) is 4.92. The van der Waals surface area contributed by atoms with Crippen molar-refractivity contribution < 1.29 is 0 Å². The molecule has 0 radical (unpaired) electrons. The number of alkyl halides is 4. The van der Waals surface area contributed by atoms with Gasteiger partial charge in [0.1, 0.15) is 0 Å². The molecule has 4 heteroatoms. The van der Waals surface area contributed by atoms with E-state index in [1.54, 1.807) is 0 Å². The van der Waals surface area contributed by atoms with Gasteiger partial charge in [0.25, 0.3) is 0 Å². The highest BCUT2D eigenvalue weighted by molar-refractivity contribution is 6.34. The molecule has 0 bridgehead atoms. The van der Waals surface area contributed by atoms with Crippen molar-refractivity contribution in [2.24, 2.45) is 0 Å². The Morgan fingerprint density at radius 1 is 0.600 bits per heavy atom. The van der Waals surface area contributed by atoms with E-state index in [4.69, 9.17) is 46.4 Å². The van der Waals surface area contributed by atoms with E-state index in [0.29, 0.717) is 12.8 Å². The van der Waals surface area contributed by atoms with E-state index in [-0.39, 0.29) is 21.5 Å². The van der Waals surface area contributed by atoms with Gasteiger partial charge < -0.3 is 0 Å². The molecule has 1 saturated carbocycles. The van der Waals surface area contributed by atoms with Crippen molar-refractivity contribution in [3.05, 3.63) is 0 Å². The van der Waals surface area contributed by atoms with Crippen molar-refractivity contribution in [3.8, 4) is 0 Å². The minimum atomic E-state index is -0.0147. The average Bonchev–Trinajstić information content (AvgIpc) is 1.84. The van der Waals surface area contributed by atoms with Gasteiger partial charge >= 0.3 is 0 Å². The van der Waals surface area contributed by atoms with Gasteiger partial charge in [-0.3, -0.25) is 0 Å². The van der Waals surface area contributed by atoms with Crippen LogP contribution in [0, 0.1) is 0 Å². The van der Waals surface area contributed by atoms with Gasteiger partial charge in [-0.25, -0.2) is 0 Å². The van der Waals surface area contributed by atoms with Crippen molar-refractivity contribution in [1.29, 1.82) is 0 Å². The van der Waals surface area contributed by atoms with Crippen LogP contribution in [0.25, 0.3) is 0 Å². The molecule has 4 unspecified atom stereocenters. The first kappa shape index (κ1) is 9.25. The second kappa shape index (κ2) is 3.71. The van der Waals surface area contributed by atoms with Gasteiger partial charge in [-0.2, -0.15) is 0 Å². The second-order valence-electron chi connectivity index (χ2n) is 2.54. The van der Waals surface area contributed by atoms with Crippen LogP contribution in [0.15, 0.2) is 0 Å². The van der Waals surface area contributed by atoms with Gasteiger partial charge in [0.15, 0.2) is 0 Å². The summed E-state index contributed by atoms with van der Waals surface area (Å²) in [5.41, 5.74) is 0. The standard InChI is InChI=1S/C6H8Cl4/c7-3-1-4(8)6(10)2-5(3)9/h3-6H,1-2H2. The van der Waals surface area contributed by atoms with E-state index in [1.165, 1.54) is 0 Å². The molecule has 0 aromatic carbocycles. The second-order valence-corrected chi connectivity index (χ2v) is 4.78. The fourth-order valence-electron chi connectivity index (χ4n) is 1.02. The summed E-state index contributed by atoms with van der Waals surface area (Å²) in [5, 5.41) is -0.0586. The van der Waals surface area contributed by atoms with Crippen LogP contribution in [0.2, 0.25) is 0 Å². The molecule has 10 heavy (non-hydrogen) atoms. The lowest BCUT2D eigenvalue weighted by atomic mass is 9.99. The van der Waals surface area contributed by atoms with E-state index >= 15 is 0 Å². The summed E-state index contributed by atoms with van der Waals surface area (Å²) in [4.78, 5) is 0. The third-order valence-electron chi connectivity index (χ3n) is 1.69. The molecule has 1 aliphatic carbocycles. The van der Waals surface area contributed by atoms with Crippen LogP contribution in [0.1, 0.15) is 12.8 Å². The monoisotopic (exact) mass is 220 g/mol. The molecule has 1 fully saturated rings. The Morgan fingerprint density at radius 2 is 0.800 bits per heavy atom. The van der Waals surface area contributed by atoms with Crippen LogP contribution >= 0.6 is 46.4 Å². The average molecular weight is 222 g/mol. The minimum Gasteiger partial charge on any atom is -0.121 e. The number of hydrogen-bond acceptors (Lipinski definition) is 0. The van der Waals surface area contributed by atoms with E-state index in [2.05, 4.69) is 0 Å². The maximum absolute atomic E-state index is 5.85. The third-order valence-corrected chi connectivity index (χ3v) is 3.87. The number of hydrogen-bond donors (Lipinski definition) is 0. The summed E-state index contributed by atoms with van der Waals surface area (Å²) >= 11 is 23.4. The maximum atomic E-state index is 5.85. The smallest absolute Gasteiger partial charge is 0.0514 e. The fourth-order valence-corrected chi connectivity index (χ4v) is 2.38. The van der Waals surface area contributed by atoms with Crippen molar-refractivity contribution >= 4 is 46.4 Å². The molecule has 0 aliphatic heterocycles. The van der Waals surface area contributed by atoms with Gasteiger partial charge in [-0.05, 0) is 12.8 Å².